The molecule has 1 aliphatic heterocycles. The Labute approximate surface area is 120 Å². The van der Waals surface area contributed by atoms with Crippen LogP contribution in [0, 0.1) is 11.3 Å². The SMILES string of the molecule is N#Cc1ccc(-n2cncc2C2CCNC2)c(Br)c1. The first kappa shape index (κ1) is 12.4. The molecule has 0 bridgehead atoms. The molecule has 0 amide bonds. The highest BCUT2D eigenvalue weighted by Crippen LogP contribution is 2.28. The van der Waals surface area contributed by atoms with Crippen LogP contribution in [0.2, 0.25) is 0 Å². The molecule has 0 radical (unpaired) electrons. The van der Waals surface area contributed by atoms with Crippen LogP contribution >= 0.6 is 15.9 Å². The van der Waals surface area contributed by atoms with Gasteiger partial charge in [0.1, 0.15) is 0 Å². The predicted octanol–water partition coefficient (Wildman–Crippen LogP) is 2.58. The standard InChI is InChI=1S/C14H13BrN4/c15-12-5-10(6-16)1-2-13(12)19-9-18-8-14(19)11-3-4-17-7-11/h1-2,5,8-9,11,17H,3-4,7H2. The Morgan fingerprint density at radius 3 is 3.05 bits per heavy atom. The van der Waals surface area contributed by atoms with Crippen LogP contribution in [-0.2, 0) is 0 Å². The van der Waals surface area contributed by atoms with Crippen LogP contribution in [0.5, 0.6) is 0 Å². The van der Waals surface area contributed by atoms with Crippen molar-refractivity contribution < 1.29 is 0 Å². The lowest BCUT2D eigenvalue weighted by molar-refractivity contribution is 0.713. The van der Waals surface area contributed by atoms with Gasteiger partial charge in [0, 0.05) is 28.8 Å². The average molecular weight is 317 g/mol. The Morgan fingerprint density at radius 1 is 1.47 bits per heavy atom. The van der Waals surface area contributed by atoms with Crippen LogP contribution in [0.25, 0.3) is 5.69 Å². The van der Waals surface area contributed by atoms with Gasteiger partial charge in [0.2, 0.25) is 0 Å². The van der Waals surface area contributed by atoms with E-state index in [1.807, 2.05) is 30.7 Å². The Bertz CT molecular complexity index is 635. The number of nitrogens with one attached hydrogen (secondary N) is 1. The highest BCUT2D eigenvalue weighted by Gasteiger charge is 2.21. The summed E-state index contributed by atoms with van der Waals surface area (Å²) in [6.45, 7) is 2.06. The van der Waals surface area contributed by atoms with E-state index in [-0.39, 0.29) is 0 Å². The molecule has 1 unspecified atom stereocenters. The Kier molecular flexibility index (Phi) is 3.36. The molecule has 5 heteroatoms. The molecule has 1 N–H and O–H groups in total. The zero-order chi connectivity index (χ0) is 13.2. The van der Waals surface area contributed by atoms with E-state index in [2.05, 4.69) is 36.9 Å². The quantitative estimate of drug-likeness (QED) is 0.926. The zero-order valence-corrected chi connectivity index (χ0v) is 11.9. The highest BCUT2D eigenvalue weighted by molar-refractivity contribution is 9.10. The molecule has 2 heterocycles. The smallest absolute Gasteiger partial charge is 0.0994 e. The molecule has 19 heavy (non-hydrogen) atoms. The third-order valence-corrected chi connectivity index (χ3v) is 4.12. The maximum absolute atomic E-state index is 8.91. The van der Waals surface area contributed by atoms with Crippen molar-refractivity contribution in [1.82, 2.24) is 14.9 Å². The third kappa shape index (κ3) is 2.29. The van der Waals surface area contributed by atoms with Crippen LogP contribution < -0.4 is 5.32 Å². The topological polar surface area (TPSA) is 53.6 Å². The van der Waals surface area contributed by atoms with Crippen LogP contribution in [-0.4, -0.2) is 22.6 Å². The first-order valence-corrected chi connectivity index (χ1v) is 7.02. The summed E-state index contributed by atoms with van der Waals surface area (Å²) in [5.41, 5.74) is 2.90. The lowest BCUT2D eigenvalue weighted by Crippen LogP contribution is -2.11. The maximum Gasteiger partial charge on any atom is 0.0994 e. The fourth-order valence-electron chi connectivity index (χ4n) is 2.49. The summed E-state index contributed by atoms with van der Waals surface area (Å²) in [6, 6.07) is 7.77. The summed E-state index contributed by atoms with van der Waals surface area (Å²) in [5.74, 6) is 0.505. The largest absolute Gasteiger partial charge is 0.316 e. The van der Waals surface area contributed by atoms with Crippen molar-refractivity contribution >= 4 is 15.9 Å². The molecule has 1 atom stereocenters. The van der Waals surface area contributed by atoms with Crippen molar-refractivity contribution in [3.63, 3.8) is 0 Å². The number of rotatable bonds is 2. The Morgan fingerprint density at radius 2 is 2.37 bits per heavy atom. The summed E-state index contributed by atoms with van der Waals surface area (Å²) in [5, 5.41) is 12.3. The molecule has 0 aliphatic carbocycles. The fraction of sp³-hybridized carbons (Fsp3) is 0.286. The van der Waals surface area contributed by atoms with E-state index in [0.29, 0.717) is 11.5 Å². The number of hydrogen-bond acceptors (Lipinski definition) is 3. The molecule has 96 valence electrons. The van der Waals surface area contributed by atoms with Gasteiger partial charge in [-0.1, -0.05) is 0 Å². The summed E-state index contributed by atoms with van der Waals surface area (Å²) >= 11 is 3.54. The van der Waals surface area contributed by atoms with Crippen molar-refractivity contribution in [2.45, 2.75) is 12.3 Å². The van der Waals surface area contributed by atoms with Crippen LogP contribution in [0.4, 0.5) is 0 Å². The zero-order valence-electron chi connectivity index (χ0n) is 10.3. The van der Waals surface area contributed by atoms with Gasteiger partial charge in [-0.05, 0) is 47.1 Å². The van der Waals surface area contributed by atoms with E-state index < -0.39 is 0 Å². The van der Waals surface area contributed by atoms with Gasteiger partial charge in [0.25, 0.3) is 0 Å². The van der Waals surface area contributed by atoms with E-state index in [0.717, 1.165) is 29.7 Å². The van der Waals surface area contributed by atoms with Gasteiger partial charge < -0.3 is 9.88 Å². The van der Waals surface area contributed by atoms with E-state index >= 15 is 0 Å². The Balaban J connectivity index is 2.03. The molecule has 2 aromatic rings. The monoisotopic (exact) mass is 316 g/mol. The normalized spacial score (nSPS) is 18.4. The summed E-state index contributed by atoms with van der Waals surface area (Å²) in [6.07, 6.45) is 4.90. The second-order valence-corrected chi connectivity index (χ2v) is 5.51. The minimum absolute atomic E-state index is 0.505. The second kappa shape index (κ2) is 5.16. The molecule has 1 aliphatic rings. The van der Waals surface area contributed by atoms with Crippen molar-refractivity contribution in [3.05, 3.63) is 46.5 Å². The van der Waals surface area contributed by atoms with Crippen LogP contribution in [0.1, 0.15) is 23.6 Å². The van der Waals surface area contributed by atoms with Gasteiger partial charge in [-0.2, -0.15) is 5.26 Å². The van der Waals surface area contributed by atoms with Crippen LogP contribution in [0.3, 0.4) is 0 Å². The summed E-state index contributed by atoms with van der Waals surface area (Å²) in [7, 11) is 0. The van der Waals surface area contributed by atoms with E-state index in [4.69, 9.17) is 5.26 Å². The third-order valence-electron chi connectivity index (χ3n) is 3.48. The average Bonchev–Trinajstić information content (AvgIpc) is 3.08. The lowest BCUT2D eigenvalue weighted by Gasteiger charge is -2.14. The highest BCUT2D eigenvalue weighted by atomic mass is 79.9. The molecule has 1 fully saturated rings. The molecular formula is C14H13BrN4. The second-order valence-electron chi connectivity index (χ2n) is 4.66. The van der Waals surface area contributed by atoms with Crippen LogP contribution in [0.15, 0.2) is 35.2 Å². The lowest BCUT2D eigenvalue weighted by atomic mass is 10.1. The predicted molar refractivity (Wildman–Crippen MR) is 76.2 cm³/mol. The molecular weight excluding hydrogens is 304 g/mol. The van der Waals surface area contributed by atoms with Crippen molar-refractivity contribution in [2.24, 2.45) is 0 Å². The molecule has 3 rings (SSSR count). The molecule has 4 nitrogen and oxygen atoms in total. The molecule has 0 spiro atoms. The Hall–Kier alpha value is -1.64. The van der Waals surface area contributed by atoms with Crippen molar-refractivity contribution in [2.75, 3.05) is 13.1 Å². The molecule has 1 aromatic heterocycles. The maximum atomic E-state index is 8.91. The number of nitriles is 1. The van der Waals surface area contributed by atoms with Gasteiger partial charge in [-0.15, -0.1) is 0 Å². The number of imidazole rings is 1. The number of hydrogen-bond donors (Lipinski definition) is 1. The summed E-state index contributed by atoms with van der Waals surface area (Å²) in [4.78, 5) is 4.28. The van der Waals surface area contributed by atoms with Gasteiger partial charge >= 0.3 is 0 Å². The fourth-order valence-corrected chi connectivity index (χ4v) is 3.06. The van der Waals surface area contributed by atoms with Crippen molar-refractivity contribution in [3.8, 4) is 11.8 Å². The molecule has 0 saturated carbocycles. The van der Waals surface area contributed by atoms with E-state index in [1.165, 1.54) is 5.69 Å². The van der Waals surface area contributed by atoms with Crippen molar-refractivity contribution in [1.29, 1.82) is 5.26 Å². The number of aromatic nitrogens is 2. The first-order valence-electron chi connectivity index (χ1n) is 6.22. The molecule has 1 saturated heterocycles. The van der Waals surface area contributed by atoms with Gasteiger partial charge in [-0.25, -0.2) is 4.98 Å². The van der Waals surface area contributed by atoms with Gasteiger partial charge in [0.05, 0.1) is 23.6 Å². The number of nitrogens with zero attached hydrogens (tertiary/aromatic N) is 3. The van der Waals surface area contributed by atoms with E-state index in [1.54, 1.807) is 0 Å². The minimum atomic E-state index is 0.505. The van der Waals surface area contributed by atoms with E-state index in [9.17, 15) is 0 Å². The number of halogens is 1. The number of benzene rings is 1. The molecule has 1 aromatic carbocycles. The minimum Gasteiger partial charge on any atom is -0.316 e. The summed E-state index contributed by atoms with van der Waals surface area (Å²) < 4.78 is 3.01. The first-order chi connectivity index (χ1) is 9.29. The van der Waals surface area contributed by atoms with Gasteiger partial charge in [0.15, 0.2) is 0 Å². The van der Waals surface area contributed by atoms with Gasteiger partial charge in [-0.3, -0.25) is 0 Å².